The first-order valence-corrected chi connectivity index (χ1v) is 25.2. The molecule has 0 spiro atoms. The zero-order chi connectivity index (χ0) is 49.0. The van der Waals surface area contributed by atoms with E-state index in [1.165, 1.54) is 87.5 Å². The number of aromatic nitrogens is 1. The van der Waals surface area contributed by atoms with Gasteiger partial charge in [-0.25, -0.2) is 0 Å². The first-order chi connectivity index (χ1) is 34.1. The van der Waals surface area contributed by atoms with Crippen molar-refractivity contribution in [3.05, 3.63) is 223 Å². The molecule has 2 heterocycles. The topological polar surface area (TPSA) is 10.9 Å². The number of rotatable bonds is 7. The second kappa shape index (κ2) is 16.4. The van der Waals surface area contributed by atoms with E-state index in [9.17, 15) is 0 Å². The lowest BCUT2D eigenvalue weighted by Gasteiger charge is -2.27. The molecule has 71 heavy (non-hydrogen) atoms. The number of fused-ring (bicyclic) bond motifs is 8. The average Bonchev–Trinajstić information content (AvgIpc) is 3.85. The van der Waals surface area contributed by atoms with Gasteiger partial charge in [0, 0.05) is 55.7 Å². The number of benzene rings is 10. The summed E-state index contributed by atoms with van der Waals surface area (Å²) < 4.78 is 2.56. The van der Waals surface area contributed by atoms with Crippen LogP contribution < -0.4 is 9.80 Å². The van der Waals surface area contributed by atoms with Crippen molar-refractivity contribution < 1.29 is 0 Å². The Kier molecular flexibility index (Phi) is 10.2. The van der Waals surface area contributed by atoms with Crippen molar-refractivity contribution in [2.45, 2.75) is 78.6 Å². The Morgan fingerprint density at radius 1 is 0.282 bits per heavy atom. The fourth-order valence-corrected chi connectivity index (χ4v) is 10.9. The standard InChI is InChI=1S/C68H61N3/c1-66(2,3)50-24-20-44(21-25-50)49-40-61-59-38-45-22-30-57(69(53-16-12-10-13-17-53)55-32-26-51(27-33-55)67(4,5)6)36-47(45)42-63(59)71-64-43-48-37-58(31-23-46(48)39-60(64)62(41-49)65(61)71)70(54-18-14-11-15-19-54)56-34-28-52(29-35-56)68(7,8)9/h10-43H,1-9H3. The summed E-state index contributed by atoms with van der Waals surface area (Å²) in [6.07, 6.45) is 0. The van der Waals surface area contributed by atoms with Crippen LogP contribution in [0.2, 0.25) is 0 Å². The lowest BCUT2D eigenvalue weighted by molar-refractivity contribution is 0.590. The number of para-hydroxylation sites is 2. The van der Waals surface area contributed by atoms with E-state index in [1.54, 1.807) is 0 Å². The van der Waals surface area contributed by atoms with Crippen LogP contribution in [0.15, 0.2) is 206 Å². The van der Waals surface area contributed by atoms with Gasteiger partial charge in [0.05, 0.1) is 16.6 Å². The third-order valence-corrected chi connectivity index (χ3v) is 14.9. The molecule has 0 N–H and O–H groups in total. The van der Waals surface area contributed by atoms with E-state index in [2.05, 4.69) is 283 Å². The Morgan fingerprint density at radius 3 is 1.01 bits per heavy atom. The molecule has 3 heteroatoms. The van der Waals surface area contributed by atoms with Crippen LogP contribution in [-0.4, -0.2) is 4.40 Å². The highest BCUT2D eigenvalue weighted by molar-refractivity contribution is 6.27. The number of hydrogen-bond acceptors (Lipinski definition) is 2. The summed E-state index contributed by atoms with van der Waals surface area (Å²) in [5, 5.41) is 9.93. The summed E-state index contributed by atoms with van der Waals surface area (Å²) >= 11 is 0. The SMILES string of the molecule is CC(C)(C)c1ccc(-c2cc3c4cc5ccc(N(c6ccccc6)c6ccc(C(C)(C)C)cc6)cc5cc4n4c5cc6cc(N(c7ccccc7)c7ccc(C(C)(C)C)cc7)ccc6cc5c(c2)c34)cc1. The fraction of sp³-hybridized carbons (Fsp3) is 0.176. The molecule has 3 nitrogen and oxygen atoms in total. The van der Waals surface area contributed by atoms with Crippen LogP contribution in [0.25, 0.3) is 70.8 Å². The van der Waals surface area contributed by atoms with Crippen LogP contribution in [0.4, 0.5) is 34.1 Å². The lowest BCUT2D eigenvalue weighted by atomic mass is 9.86. The second-order valence-corrected chi connectivity index (χ2v) is 22.8. The van der Waals surface area contributed by atoms with E-state index in [-0.39, 0.29) is 16.2 Å². The molecule has 0 bridgehead atoms. The van der Waals surface area contributed by atoms with E-state index in [4.69, 9.17) is 0 Å². The van der Waals surface area contributed by atoms with Gasteiger partial charge in [-0.2, -0.15) is 0 Å². The number of hydrogen-bond donors (Lipinski definition) is 0. The molecule has 12 aromatic rings. The van der Waals surface area contributed by atoms with Crippen LogP contribution in [-0.2, 0) is 16.2 Å². The summed E-state index contributed by atoms with van der Waals surface area (Å²) in [5.41, 5.74) is 17.1. The maximum Gasteiger partial charge on any atom is 0.0620 e. The molecule has 0 amide bonds. The zero-order valence-corrected chi connectivity index (χ0v) is 42.5. The van der Waals surface area contributed by atoms with Gasteiger partial charge in [-0.15, -0.1) is 0 Å². The molecule has 10 aromatic carbocycles. The van der Waals surface area contributed by atoms with Gasteiger partial charge in [0.2, 0.25) is 0 Å². The molecule has 12 rings (SSSR count). The van der Waals surface area contributed by atoms with Gasteiger partial charge < -0.3 is 14.2 Å². The monoisotopic (exact) mass is 919 g/mol. The van der Waals surface area contributed by atoms with Crippen molar-refractivity contribution in [2.75, 3.05) is 9.80 Å². The van der Waals surface area contributed by atoms with Crippen molar-refractivity contribution in [3.63, 3.8) is 0 Å². The minimum atomic E-state index is 0.0682. The molecule has 0 aliphatic carbocycles. The van der Waals surface area contributed by atoms with Crippen LogP contribution in [0, 0.1) is 0 Å². The van der Waals surface area contributed by atoms with E-state index in [1.807, 2.05) is 0 Å². The van der Waals surface area contributed by atoms with Crippen molar-refractivity contribution in [3.8, 4) is 11.1 Å². The molecule has 348 valence electrons. The summed E-state index contributed by atoms with van der Waals surface area (Å²) in [6.45, 7) is 20.5. The van der Waals surface area contributed by atoms with Crippen LogP contribution in [0.1, 0.15) is 79.0 Å². The van der Waals surface area contributed by atoms with Gasteiger partial charge in [-0.1, -0.05) is 159 Å². The van der Waals surface area contributed by atoms with E-state index in [0.717, 1.165) is 34.1 Å². The van der Waals surface area contributed by atoms with Crippen molar-refractivity contribution in [2.24, 2.45) is 0 Å². The highest BCUT2D eigenvalue weighted by Gasteiger charge is 2.24. The largest absolute Gasteiger partial charge is 0.310 e. The Hall–Kier alpha value is -7.88. The normalized spacial score (nSPS) is 12.6. The Labute approximate surface area is 418 Å². The minimum Gasteiger partial charge on any atom is -0.310 e. The first-order valence-electron chi connectivity index (χ1n) is 25.2. The molecule has 0 atom stereocenters. The lowest BCUT2D eigenvalue weighted by Crippen LogP contribution is -2.13. The van der Waals surface area contributed by atoms with Crippen LogP contribution in [0.5, 0.6) is 0 Å². The highest BCUT2D eigenvalue weighted by atomic mass is 15.1. The molecule has 0 aliphatic heterocycles. The third-order valence-electron chi connectivity index (χ3n) is 14.9. The fourth-order valence-electron chi connectivity index (χ4n) is 10.9. The molecule has 2 aromatic heterocycles. The van der Waals surface area contributed by atoms with Crippen molar-refractivity contribution in [1.82, 2.24) is 4.40 Å². The molecule has 0 saturated carbocycles. The van der Waals surface area contributed by atoms with Gasteiger partial charge in [0.25, 0.3) is 0 Å². The molecule has 0 aliphatic rings. The van der Waals surface area contributed by atoms with E-state index < -0.39 is 0 Å². The smallest absolute Gasteiger partial charge is 0.0620 e. The molecule has 0 saturated heterocycles. The molecular weight excluding hydrogens is 859 g/mol. The van der Waals surface area contributed by atoms with Crippen molar-refractivity contribution >= 4 is 93.8 Å². The molecular formula is C68H61N3. The van der Waals surface area contributed by atoms with Crippen LogP contribution >= 0.6 is 0 Å². The Bertz CT molecular complexity index is 3710. The molecule has 0 radical (unpaired) electrons. The third kappa shape index (κ3) is 7.76. The second-order valence-electron chi connectivity index (χ2n) is 22.8. The van der Waals surface area contributed by atoms with E-state index in [0.29, 0.717) is 0 Å². The van der Waals surface area contributed by atoms with E-state index >= 15 is 0 Å². The van der Waals surface area contributed by atoms with Gasteiger partial charge in [0.15, 0.2) is 0 Å². The van der Waals surface area contributed by atoms with Crippen molar-refractivity contribution in [1.29, 1.82) is 0 Å². The average molecular weight is 920 g/mol. The van der Waals surface area contributed by atoms with Gasteiger partial charge in [-0.3, -0.25) is 0 Å². The first kappa shape index (κ1) is 44.3. The maximum absolute atomic E-state index is 2.56. The summed E-state index contributed by atoms with van der Waals surface area (Å²) in [4.78, 5) is 4.77. The predicted molar refractivity (Wildman–Crippen MR) is 307 cm³/mol. The van der Waals surface area contributed by atoms with Crippen LogP contribution in [0.3, 0.4) is 0 Å². The summed E-state index contributed by atoms with van der Waals surface area (Å²) in [6, 6.07) is 77.5. The molecule has 0 unspecified atom stereocenters. The number of anilines is 6. The number of nitrogens with zero attached hydrogens (tertiary/aromatic N) is 3. The highest BCUT2D eigenvalue weighted by Crippen LogP contribution is 2.46. The Morgan fingerprint density at radius 2 is 0.634 bits per heavy atom. The Balaban J connectivity index is 1.08. The van der Waals surface area contributed by atoms with Gasteiger partial charge in [0.1, 0.15) is 0 Å². The predicted octanol–water partition coefficient (Wildman–Crippen LogP) is 19.6. The summed E-state index contributed by atoms with van der Waals surface area (Å²) in [5.74, 6) is 0. The minimum absolute atomic E-state index is 0.0682. The maximum atomic E-state index is 2.56. The molecule has 0 fully saturated rings. The summed E-state index contributed by atoms with van der Waals surface area (Å²) in [7, 11) is 0. The van der Waals surface area contributed by atoms with Gasteiger partial charge >= 0.3 is 0 Å². The zero-order valence-electron chi connectivity index (χ0n) is 42.5. The quantitative estimate of drug-likeness (QED) is 0.158. The van der Waals surface area contributed by atoms with Gasteiger partial charge in [-0.05, 0) is 175 Å².